The van der Waals surface area contributed by atoms with E-state index in [2.05, 4.69) is 61.7 Å². The van der Waals surface area contributed by atoms with E-state index in [4.69, 9.17) is 4.74 Å². The van der Waals surface area contributed by atoms with Gasteiger partial charge in [-0.15, -0.1) is 0 Å². The van der Waals surface area contributed by atoms with Crippen LogP contribution in [0, 0.1) is 0 Å². The van der Waals surface area contributed by atoms with Gasteiger partial charge in [0.25, 0.3) is 0 Å². The van der Waals surface area contributed by atoms with Gasteiger partial charge < -0.3 is 21.7 Å². The Kier molecular flexibility index (Phi) is 6.04. The van der Waals surface area contributed by atoms with Gasteiger partial charge in [-0.3, -0.25) is 4.79 Å². The second-order valence-electron chi connectivity index (χ2n) is 6.95. The molecule has 3 rings (SSSR count). The molecule has 0 bridgehead atoms. The van der Waals surface area contributed by atoms with Gasteiger partial charge in [-0.05, 0) is 37.6 Å². The summed E-state index contributed by atoms with van der Waals surface area (Å²) in [6.45, 7) is 9.94. The lowest BCUT2D eigenvalue weighted by Crippen LogP contribution is -3.00. The van der Waals surface area contributed by atoms with Gasteiger partial charge >= 0.3 is 5.97 Å². The van der Waals surface area contributed by atoms with Crippen LogP contribution in [0.3, 0.4) is 0 Å². The fourth-order valence-electron chi connectivity index (χ4n) is 3.74. The summed E-state index contributed by atoms with van der Waals surface area (Å²) >= 11 is 0. The zero-order valence-corrected chi connectivity index (χ0v) is 17.0. The number of benzene rings is 2. The van der Waals surface area contributed by atoms with E-state index in [0.717, 1.165) is 13.0 Å². The van der Waals surface area contributed by atoms with Gasteiger partial charge in [0.1, 0.15) is 6.54 Å². The number of esters is 1. The second kappa shape index (κ2) is 7.69. The molecule has 2 aromatic rings. The summed E-state index contributed by atoms with van der Waals surface area (Å²) < 4.78 is 7.41. The fraction of sp³-hybridized carbons (Fsp3) is 0.429. The van der Waals surface area contributed by atoms with Crippen molar-refractivity contribution >= 4 is 28.1 Å². The van der Waals surface area contributed by atoms with Crippen molar-refractivity contribution in [1.29, 1.82) is 0 Å². The Morgan fingerprint density at radius 3 is 2.60 bits per heavy atom. The van der Waals surface area contributed by atoms with Gasteiger partial charge in [0.2, 0.25) is 5.69 Å². The van der Waals surface area contributed by atoms with Crippen molar-refractivity contribution in [2.24, 2.45) is 0 Å². The van der Waals surface area contributed by atoms with Gasteiger partial charge in [-0.25, -0.2) is 0 Å². The highest BCUT2D eigenvalue weighted by atomic mass is 79.9. The summed E-state index contributed by atoms with van der Waals surface area (Å²) in [5.74, 6) is -0.104. The van der Waals surface area contributed by atoms with Crippen LogP contribution >= 0.6 is 0 Å². The number of carbonyl (C=O) groups excluding carboxylic acids is 1. The normalized spacial score (nSPS) is 15.0. The van der Waals surface area contributed by atoms with E-state index in [1.54, 1.807) is 0 Å². The van der Waals surface area contributed by atoms with E-state index >= 15 is 0 Å². The lowest BCUT2D eigenvalue weighted by molar-refractivity contribution is -0.439. The van der Waals surface area contributed by atoms with Gasteiger partial charge in [0, 0.05) is 25.0 Å². The molecule has 1 aliphatic rings. The first-order valence-electron chi connectivity index (χ1n) is 8.76. The Hall–Kier alpha value is -1.68. The highest BCUT2D eigenvalue weighted by Gasteiger charge is 2.43. The van der Waals surface area contributed by atoms with Gasteiger partial charge in [-0.1, -0.05) is 24.3 Å². The lowest BCUT2D eigenvalue weighted by atomic mass is 9.80. The summed E-state index contributed by atoms with van der Waals surface area (Å²) in [5.41, 5.74) is 4.02. The molecule has 0 fully saturated rings. The van der Waals surface area contributed by atoms with Crippen LogP contribution in [0.15, 0.2) is 36.4 Å². The summed E-state index contributed by atoms with van der Waals surface area (Å²) in [6.07, 6.45) is 1.28. The predicted molar refractivity (Wildman–Crippen MR) is 98.3 cm³/mol. The molecule has 0 saturated heterocycles. The van der Waals surface area contributed by atoms with E-state index in [1.165, 1.54) is 27.7 Å². The minimum Gasteiger partial charge on any atom is -1.00 e. The third-order valence-corrected chi connectivity index (χ3v) is 5.20. The molecule has 0 aromatic heterocycles. The highest BCUT2D eigenvalue weighted by Crippen LogP contribution is 2.43. The molecule has 0 spiro atoms. The van der Waals surface area contributed by atoms with Crippen LogP contribution in [0.4, 0.5) is 5.69 Å². The number of hydrogen-bond acceptors (Lipinski definition) is 2. The molecule has 0 saturated carbocycles. The Balaban J connectivity index is 0.00000225. The van der Waals surface area contributed by atoms with E-state index < -0.39 is 0 Å². The average Bonchev–Trinajstić information content (AvgIpc) is 2.76. The van der Waals surface area contributed by atoms with Gasteiger partial charge in [-0.2, -0.15) is 4.58 Å². The SMILES string of the molecule is CCOC(=O)CCC[N+]1=C(C)C(C)(C)c2c1ccc1ccccc21.[Br-]. The van der Waals surface area contributed by atoms with Crippen molar-refractivity contribution in [3.8, 4) is 0 Å². The zero-order valence-electron chi connectivity index (χ0n) is 15.4. The van der Waals surface area contributed by atoms with Crippen LogP contribution in [0.5, 0.6) is 0 Å². The number of carbonyl (C=O) groups is 1. The molecule has 1 aliphatic heterocycles. The fourth-order valence-corrected chi connectivity index (χ4v) is 3.74. The maximum Gasteiger partial charge on any atom is 0.306 e. The molecule has 0 atom stereocenters. The molecule has 25 heavy (non-hydrogen) atoms. The van der Waals surface area contributed by atoms with Crippen molar-refractivity contribution in [3.63, 3.8) is 0 Å². The number of fused-ring (bicyclic) bond motifs is 3. The quantitative estimate of drug-likeness (QED) is 0.560. The van der Waals surface area contributed by atoms with E-state index in [9.17, 15) is 4.79 Å². The molecule has 0 amide bonds. The van der Waals surface area contributed by atoms with Crippen LogP contribution in [-0.4, -0.2) is 29.4 Å². The number of ether oxygens (including phenoxy) is 1. The molecule has 1 heterocycles. The molecule has 4 heteroatoms. The largest absolute Gasteiger partial charge is 1.00 e. The standard InChI is InChI=1S/C21H26NO2.BrH/c1-5-24-19(23)11-8-14-22-15(2)21(3,4)20-17-10-7-6-9-16(17)12-13-18(20)22;/h6-7,9-10,12-13H,5,8,11,14H2,1-4H3;1H/q+1;/p-1. The second-order valence-corrected chi connectivity index (χ2v) is 6.95. The molecule has 0 aliphatic carbocycles. The highest BCUT2D eigenvalue weighted by molar-refractivity contribution is 6.01. The average molecular weight is 404 g/mol. The number of rotatable bonds is 5. The maximum absolute atomic E-state index is 11.6. The first-order chi connectivity index (χ1) is 11.5. The first-order valence-corrected chi connectivity index (χ1v) is 8.76. The molecule has 134 valence electrons. The number of nitrogens with zero attached hydrogens (tertiary/aromatic N) is 1. The molecule has 2 aromatic carbocycles. The van der Waals surface area contributed by atoms with E-state index in [1.807, 2.05) is 6.92 Å². The minimum absolute atomic E-state index is 0. The van der Waals surface area contributed by atoms with Crippen LogP contribution in [0.25, 0.3) is 10.8 Å². The van der Waals surface area contributed by atoms with Crippen molar-refractivity contribution in [2.75, 3.05) is 13.2 Å². The summed E-state index contributed by atoms with van der Waals surface area (Å²) in [4.78, 5) is 11.6. The Morgan fingerprint density at radius 2 is 1.88 bits per heavy atom. The maximum atomic E-state index is 11.6. The Bertz CT molecular complexity index is 824. The van der Waals surface area contributed by atoms with Crippen molar-refractivity contribution < 1.29 is 31.1 Å². The van der Waals surface area contributed by atoms with Crippen LogP contribution in [-0.2, 0) is 14.9 Å². The van der Waals surface area contributed by atoms with Crippen molar-refractivity contribution in [2.45, 2.75) is 46.0 Å². The molecule has 0 N–H and O–H groups in total. The predicted octanol–water partition coefficient (Wildman–Crippen LogP) is 1.58. The van der Waals surface area contributed by atoms with Crippen LogP contribution in [0.2, 0.25) is 0 Å². The molecule has 0 radical (unpaired) electrons. The summed E-state index contributed by atoms with van der Waals surface area (Å²) in [5, 5.41) is 2.61. The minimum atomic E-state index is -0.104. The Morgan fingerprint density at radius 1 is 1.16 bits per heavy atom. The third-order valence-electron chi connectivity index (χ3n) is 5.20. The van der Waals surface area contributed by atoms with Gasteiger partial charge in [0.15, 0.2) is 5.71 Å². The summed E-state index contributed by atoms with van der Waals surface area (Å²) in [7, 11) is 0. The number of hydrogen-bond donors (Lipinski definition) is 0. The van der Waals surface area contributed by atoms with E-state index in [0.29, 0.717) is 13.0 Å². The monoisotopic (exact) mass is 403 g/mol. The van der Waals surface area contributed by atoms with Crippen molar-refractivity contribution in [1.82, 2.24) is 0 Å². The Labute approximate surface area is 160 Å². The first kappa shape index (κ1) is 19.6. The third kappa shape index (κ3) is 3.50. The summed E-state index contributed by atoms with van der Waals surface area (Å²) in [6, 6.07) is 13.0. The van der Waals surface area contributed by atoms with E-state index in [-0.39, 0.29) is 28.4 Å². The zero-order chi connectivity index (χ0) is 17.3. The van der Waals surface area contributed by atoms with Gasteiger partial charge in [0.05, 0.1) is 18.4 Å². The number of halogens is 1. The van der Waals surface area contributed by atoms with Crippen molar-refractivity contribution in [3.05, 3.63) is 42.0 Å². The smallest absolute Gasteiger partial charge is 0.306 e. The molecular weight excluding hydrogens is 378 g/mol. The van der Waals surface area contributed by atoms with Crippen LogP contribution in [0.1, 0.15) is 46.1 Å². The molecular formula is C21H26BrNO2. The van der Waals surface area contributed by atoms with Crippen LogP contribution < -0.4 is 17.0 Å². The topological polar surface area (TPSA) is 29.3 Å². The molecule has 0 unspecified atom stereocenters. The molecule has 3 nitrogen and oxygen atoms in total. The lowest BCUT2D eigenvalue weighted by Gasteiger charge is -2.17.